The zero-order chi connectivity index (χ0) is 17.5. The van der Waals surface area contributed by atoms with Crippen LogP contribution in [0.15, 0.2) is 6.07 Å². The van der Waals surface area contributed by atoms with Crippen LogP contribution in [0.5, 0.6) is 17.2 Å². The fourth-order valence-electron chi connectivity index (χ4n) is 2.49. The topological polar surface area (TPSA) is 188 Å². The molecule has 0 unspecified atom stereocenters. The van der Waals surface area contributed by atoms with Crippen molar-refractivity contribution in [3.8, 4) is 17.2 Å². The molecule has 1 heterocycles. The molecule has 1 aliphatic heterocycles. The van der Waals surface area contributed by atoms with Gasteiger partial charge in [-0.3, -0.25) is 0 Å². The van der Waals surface area contributed by atoms with Gasteiger partial charge in [0.15, 0.2) is 0 Å². The third-order valence-corrected chi connectivity index (χ3v) is 3.69. The molecule has 1 aromatic rings. The summed E-state index contributed by atoms with van der Waals surface area (Å²) in [4.78, 5) is 11.1. The zero-order valence-electron chi connectivity index (χ0n) is 11.6. The van der Waals surface area contributed by atoms with Crippen molar-refractivity contribution in [2.75, 3.05) is 6.61 Å². The summed E-state index contributed by atoms with van der Waals surface area (Å²) in [7, 11) is 0. The number of hydrogen-bond acceptors (Lipinski definition) is 9. The highest BCUT2D eigenvalue weighted by Gasteiger charge is 2.46. The number of benzene rings is 1. The van der Waals surface area contributed by atoms with Crippen LogP contribution in [0.1, 0.15) is 22.0 Å². The number of aliphatic hydroxyl groups is 4. The average molecular weight is 332 g/mol. The molecule has 0 saturated carbocycles. The number of hydrogen-bond donors (Lipinski definition) is 8. The van der Waals surface area contributed by atoms with Crippen molar-refractivity contribution in [1.29, 1.82) is 0 Å². The maximum Gasteiger partial charge on any atom is 0.343 e. The van der Waals surface area contributed by atoms with Gasteiger partial charge in [0, 0.05) is 6.07 Å². The van der Waals surface area contributed by atoms with E-state index >= 15 is 0 Å². The van der Waals surface area contributed by atoms with Gasteiger partial charge in [-0.2, -0.15) is 0 Å². The summed E-state index contributed by atoms with van der Waals surface area (Å²) in [6.45, 7) is -0.743. The van der Waals surface area contributed by atoms with Gasteiger partial charge in [-0.1, -0.05) is 0 Å². The number of carboxylic acids is 1. The lowest BCUT2D eigenvalue weighted by atomic mass is 9.89. The quantitative estimate of drug-likeness (QED) is 0.308. The summed E-state index contributed by atoms with van der Waals surface area (Å²) in [6.07, 6.45) is -8.25. The Hall–Kier alpha value is -2.11. The molecule has 2 rings (SSSR count). The zero-order valence-corrected chi connectivity index (χ0v) is 11.6. The summed E-state index contributed by atoms with van der Waals surface area (Å²) in [5, 5.41) is 76.8. The first kappa shape index (κ1) is 17.2. The molecular weight excluding hydrogens is 316 g/mol. The lowest BCUT2D eigenvalue weighted by Crippen LogP contribution is -2.55. The largest absolute Gasteiger partial charge is 0.507 e. The molecule has 128 valence electrons. The molecule has 1 aromatic carbocycles. The van der Waals surface area contributed by atoms with E-state index in [1.807, 2.05) is 0 Å². The minimum Gasteiger partial charge on any atom is -0.507 e. The summed E-state index contributed by atoms with van der Waals surface area (Å²) < 4.78 is 5.15. The summed E-state index contributed by atoms with van der Waals surface area (Å²) in [5.74, 6) is -4.49. The van der Waals surface area contributed by atoms with Crippen molar-refractivity contribution in [2.24, 2.45) is 0 Å². The molecule has 1 fully saturated rings. The molecule has 0 aromatic heterocycles. The van der Waals surface area contributed by atoms with Gasteiger partial charge in [-0.05, 0) is 0 Å². The molecule has 10 nitrogen and oxygen atoms in total. The summed E-state index contributed by atoms with van der Waals surface area (Å²) in [6, 6.07) is 0.625. The molecule has 0 spiro atoms. The molecular formula is C13H16O10. The Bertz CT molecular complexity index is 613. The van der Waals surface area contributed by atoms with Crippen molar-refractivity contribution >= 4 is 5.97 Å². The van der Waals surface area contributed by atoms with Gasteiger partial charge in [0.05, 0.1) is 12.2 Å². The first-order chi connectivity index (χ1) is 10.7. The predicted octanol–water partition coefficient (Wildman–Crippen LogP) is -1.98. The van der Waals surface area contributed by atoms with E-state index in [0.717, 1.165) is 0 Å². The van der Waals surface area contributed by atoms with E-state index in [2.05, 4.69) is 0 Å². The highest BCUT2D eigenvalue weighted by molar-refractivity contribution is 5.95. The lowest BCUT2D eigenvalue weighted by molar-refractivity contribution is -0.232. The highest BCUT2D eigenvalue weighted by Crippen LogP contribution is 2.45. The standard InChI is InChI=1S/C13H16O10/c14-2-5-8(17)10(19)11(20)12(23-5)6-3(15)1-4(16)7(9(6)18)13(21)22/h1,5,8,10-12,14-20H,2H2,(H,21,22)/t5-,8-,10+,11-,12+/m1/s1. The molecule has 10 heteroatoms. The van der Waals surface area contributed by atoms with Crippen LogP contribution in [0, 0.1) is 0 Å². The van der Waals surface area contributed by atoms with Gasteiger partial charge in [-0.15, -0.1) is 0 Å². The van der Waals surface area contributed by atoms with Gasteiger partial charge < -0.3 is 45.6 Å². The number of rotatable bonds is 3. The van der Waals surface area contributed by atoms with E-state index in [0.29, 0.717) is 6.07 Å². The van der Waals surface area contributed by atoms with Gasteiger partial charge in [0.25, 0.3) is 0 Å². The van der Waals surface area contributed by atoms with Gasteiger partial charge >= 0.3 is 5.97 Å². The number of carboxylic acid groups (broad SMARTS) is 1. The molecule has 1 aliphatic rings. The normalized spacial score (nSPS) is 31.0. The second-order valence-corrected chi connectivity index (χ2v) is 5.11. The number of aliphatic hydroxyl groups excluding tert-OH is 4. The fraction of sp³-hybridized carbons (Fsp3) is 0.462. The van der Waals surface area contributed by atoms with Crippen molar-refractivity contribution in [1.82, 2.24) is 0 Å². The lowest BCUT2D eigenvalue weighted by Gasteiger charge is -2.40. The van der Waals surface area contributed by atoms with E-state index in [-0.39, 0.29) is 0 Å². The SMILES string of the molecule is O=C(O)c1c(O)cc(O)c([C@@H]2O[C@H](CO)[C@@H](O)[C@H](O)[C@H]2O)c1O. The molecule has 23 heavy (non-hydrogen) atoms. The molecule has 1 saturated heterocycles. The molecule has 0 aliphatic carbocycles. The molecule has 0 amide bonds. The number of aromatic hydroxyl groups is 3. The minimum absolute atomic E-state index is 0.600. The van der Waals surface area contributed by atoms with Crippen LogP contribution in [0.2, 0.25) is 0 Å². The highest BCUT2D eigenvalue weighted by atomic mass is 16.5. The first-order valence-electron chi connectivity index (χ1n) is 6.52. The van der Waals surface area contributed by atoms with Crippen LogP contribution >= 0.6 is 0 Å². The first-order valence-corrected chi connectivity index (χ1v) is 6.52. The Morgan fingerprint density at radius 2 is 1.65 bits per heavy atom. The van der Waals surface area contributed by atoms with Crippen LogP contribution < -0.4 is 0 Å². The van der Waals surface area contributed by atoms with Crippen LogP contribution in [0.3, 0.4) is 0 Å². The number of aromatic carboxylic acids is 1. The molecule has 8 N–H and O–H groups in total. The Balaban J connectivity index is 2.56. The van der Waals surface area contributed by atoms with Crippen molar-refractivity contribution in [2.45, 2.75) is 30.5 Å². The number of ether oxygens (including phenoxy) is 1. The Morgan fingerprint density at radius 1 is 1.04 bits per heavy atom. The number of phenols is 3. The van der Waals surface area contributed by atoms with E-state index < -0.39 is 71.5 Å². The monoisotopic (exact) mass is 332 g/mol. The number of carbonyl (C=O) groups is 1. The van der Waals surface area contributed by atoms with Crippen molar-refractivity contribution in [3.05, 3.63) is 17.2 Å². The smallest absolute Gasteiger partial charge is 0.343 e. The summed E-state index contributed by atoms with van der Waals surface area (Å²) >= 11 is 0. The third kappa shape index (κ3) is 2.78. The van der Waals surface area contributed by atoms with E-state index in [1.54, 1.807) is 0 Å². The van der Waals surface area contributed by atoms with Crippen molar-refractivity contribution in [3.63, 3.8) is 0 Å². The minimum atomic E-state index is -1.84. The molecule has 5 atom stereocenters. The average Bonchev–Trinajstić information content (AvgIpc) is 2.46. The number of phenolic OH excluding ortho intramolecular Hbond substituents is 1. The van der Waals surface area contributed by atoms with E-state index in [9.17, 15) is 35.4 Å². The third-order valence-electron chi connectivity index (χ3n) is 3.69. The van der Waals surface area contributed by atoms with Crippen LogP contribution in [0.4, 0.5) is 0 Å². The fourth-order valence-corrected chi connectivity index (χ4v) is 2.49. The molecule has 0 radical (unpaired) electrons. The second kappa shape index (κ2) is 6.18. The van der Waals surface area contributed by atoms with Crippen LogP contribution in [-0.4, -0.2) is 77.8 Å². The van der Waals surface area contributed by atoms with E-state index in [4.69, 9.17) is 14.9 Å². The van der Waals surface area contributed by atoms with Gasteiger partial charge in [-0.25, -0.2) is 4.79 Å². The Kier molecular flexibility index (Phi) is 4.63. The Labute approximate surface area is 129 Å². The maximum atomic E-state index is 11.1. The van der Waals surface area contributed by atoms with Crippen molar-refractivity contribution < 1.29 is 50.4 Å². The Morgan fingerprint density at radius 3 is 2.17 bits per heavy atom. The maximum absolute atomic E-state index is 11.1. The summed E-state index contributed by atoms with van der Waals surface area (Å²) in [5.41, 5.74) is -1.54. The van der Waals surface area contributed by atoms with E-state index in [1.165, 1.54) is 0 Å². The predicted molar refractivity (Wildman–Crippen MR) is 71.1 cm³/mol. The van der Waals surface area contributed by atoms with Crippen LogP contribution in [0.25, 0.3) is 0 Å². The van der Waals surface area contributed by atoms with Crippen LogP contribution in [-0.2, 0) is 4.74 Å². The second-order valence-electron chi connectivity index (χ2n) is 5.11. The molecule has 0 bridgehead atoms. The van der Waals surface area contributed by atoms with Gasteiger partial charge in [0.1, 0.15) is 53.3 Å². The van der Waals surface area contributed by atoms with Gasteiger partial charge in [0.2, 0.25) is 0 Å².